The Balaban J connectivity index is 2.18. The van der Waals surface area contributed by atoms with Crippen molar-refractivity contribution in [1.82, 2.24) is 20.5 Å². The average molecular weight is 222 g/mol. The molecular weight excluding hydrogens is 211 g/mol. The lowest BCUT2D eigenvalue weighted by Gasteiger charge is -1.95. The van der Waals surface area contributed by atoms with Crippen LogP contribution in [0.3, 0.4) is 0 Å². The van der Waals surface area contributed by atoms with Crippen LogP contribution in [0, 0.1) is 5.82 Å². The molecule has 0 saturated carbocycles. The first-order valence-corrected chi connectivity index (χ1v) is 4.93. The lowest BCUT2D eigenvalue weighted by Crippen LogP contribution is -2.11. The fourth-order valence-electron chi connectivity index (χ4n) is 1.20. The monoisotopic (exact) mass is 222 g/mol. The van der Waals surface area contributed by atoms with Crippen molar-refractivity contribution < 1.29 is 8.81 Å². The van der Waals surface area contributed by atoms with E-state index in [0.717, 1.165) is 12.7 Å². The van der Waals surface area contributed by atoms with Crippen LogP contribution in [0.4, 0.5) is 4.39 Å². The van der Waals surface area contributed by atoms with Crippen molar-refractivity contribution in [2.45, 2.75) is 13.5 Å². The van der Waals surface area contributed by atoms with E-state index >= 15 is 0 Å². The minimum Gasteiger partial charge on any atom is -0.419 e. The number of hydrogen-bond acceptors (Lipinski definition) is 5. The molecule has 0 aliphatic carbocycles. The van der Waals surface area contributed by atoms with Gasteiger partial charge in [0.15, 0.2) is 0 Å². The van der Waals surface area contributed by atoms with Crippen LogP contribution in [-0.2, 0) is 6.54 Å². The molecule has 0 radical (unpaired) electrons. The summed E-state index contributed by atoms with van der Waals surface area (Å²) in [6.07, 6.45) is 2.60. The summed E-state index contributed by atoms with van der Waals surface area (Å²) in [7, 11) is 0. The van der Waals surface area contributed by atoms with Crippen LogP contribution in [0.1, 0.15) is 12.8 Å². The van der Waals surface area contributed by atoms with Crippen LogP contribution in [0.5, 0.6) is 0 Å². The quantitative estimate of drug-likeness (QED) is 0.846. The van der Waals surface area contributed by atoms with Gasteiger partial charge in [-0.2, -0.15) is 0 Å². The molecule has 0 amide bonds. The van der Waals surface area contributed by atoms with Crippen molar-refractivity contribution in [2.24, 2.45) is 0 Å². The largest absolute Gasteiger partial charge is 0.419 e. The van der Waals surface area contributed by atoms with E-state index in [1.165, 1.54) is 12.3 Å². The average Bonchev–Trinajstić information content (AvgIpc) is 2.75. The molecule has 2 aromatic rings. The molecule has 16 heavy (non-hydrogen) atoms. The highest BCUT2D eigenvalue weighted by molar-refractivity contribution is 5.50. The molecule has 5 nitrogen and oxygen atoms in total. The fourth-order valence-corrected chi connectivity index (χ4v) is 1.20. The summed E-state index contributed by atoms with van der Waals surface area (Å²) in [5, 5.41) is 10.7. The third kappa shape index (κ3) is 2.40. The molecule has 0 bridgehead atoms. The summed E-state index contributed by atoms with van der Waals surface area (Å²) in [4.78, 5) is 3.71. The zero-order chi connectivity index (χ0) is 11.4. The highest BCUT2D eigenvalue weighted by Gasteiger charge is 2.08. The molecular formula is C10H11FN4O. The third-order valence-corrected chi connectivity index (χ3v) is 1.94. The normalized spacial score (nSPS) is 10.6. The van der Waals surface area contributed by atoms with Gasteiger partial charge in [-0.05, 0) is 12.6 Å². The van der Waals surface area contributed by atoms with Crippen molar-refractivity contribution in [3.8, 4) is 11.5 Å². The summed E-state index contributed by atoms with van der Waals surface area (Å²) < 4.78 is 18.2. The highest BCUT2D eigenvalue weighted by Crippen LogP contribution is 2.17. The molecule has 6 heteroatoms. The Kier molecular flexibility index (Phi) is 3.21. The maximum atomic E-state index is 12.9. The number of pyridine rings is 1. The van der Waals surface area contributed by atoms with Crippen molar-refractivity contribution in [3.05, 3.63) is 30.2 Å². The van der Waals surface area contributed by atoms with Crippen LogP contribution >= 0.6 is 0 Å². The lowest BCUT2D eigenvalue weighted by molar-refractivity contribution is 0.481. The van der Waals surface area contributed by atoms with Crippen molar-refractivity contribution in [3.63, 3.8) is 0 Å². The molecule has 0 spiro atoms. The van der Waals surface area contributed by atoms with Gasteiger partial charge >= 0.3 is 0 Å². The summed E-state index contributed by atoms with van der Waals surface area (Å²) in [6, 6.07) is 1.30. The van der Waals surface area contributed by atoms with Crippen LogP contribution in [0.15, 0.2) is 22.9 Å². The molecule has 0 fully saturated rings. The molecule has 2 aromatic heterocycles. The van der Waals surface area contributed by atoms with Crippen molar-refractivity contribution in [2.75, 3.05) is 6.54 Å². The first kappa shape index (κ1) is 10.7. The van der Waals surface area contributed by atoms with Gasteiger partial charge in [-0.3, -0.25) is 4.98 Å². The predicted molar refractivity (Wildman–Crippen MR) is 54.9 cm³/mol. The van der Waals surface area contributed by atoms with Gasteiger partial charge in [0.1, 0.15) is 5.82 Å². The van der Waals surface area contributed by atoms with Gasteiger partial charge in [0.25, 0.3) is 0 Å². The number of aromatic nitrogens is 3. The maximum Gasteiger partial charge on any atom is 0.249 e. The van der Waals surface area contributed by atoms with E-state index in [2.05, 4.69) is 20.5 Å². The molecule has 0 aliphatic heterocycles. The van der Waals surface area contributed by atoms with E-state index in [1.54, 1.807) is 0 Å². The molecule has 0 aliphatic rings. The molecule has 0 atom stereocenters. The van der Waals surface area contributed by atoms with Gasteiger partial charge in [-0.15, -0.1) is 10.2 Å². The first-order valence-electron chi connectivity index (χ1n) is 4.93. The Morgan fingerprint density at radius 1 is 1.38 bits per heavy atom. The molecule has 2 rings (SSSR count). The molecule has 0 unspecified atom stereocenters. The van der Waals surface area contributed by atoms with Crippen LogP contribution in [0.2, 0.25) is 0 Å². The van der Waals surface area contributed by atoms with E-state index in [9.17, 15) is 4.39 Å². The number of halogens is 1. The second-order valence-electron chi connectivity index (χ2n) is 3.17. The fraction of sp³-hybridized carbons (Fsp3) is 0.300. The van der Waals surface area contributed by atoms with Gasteiger partial charge in [-0.25, -0.2) is 4.39 Å². The Morgan fingerprint density at radius 2 is 2.25 bits per heavy atom. The first-order chi connectivity index (χ1) is 7.79. The van der Waals surface area contributed by atoms with E-state index in [0.29, 0.717) is 18.0 Å². The van der Waals surface area contributed by atoms with Crippen LogP contribution in [-0.4, -0.2) is 21.7 Å². The molecule has 1 N–H and O–H groups in total. The van der Waals surface area contributed by atoms with E-state index in [-0.39, 0.29) is 5.89 Å². The number of nitrogens with zero attached hydrogens (tertiary/aromatic N) is 3. The van der Waals surface area contributed by atoms with Crippen LogP contribution < -0.4 is 5.32 Å². The number of hydrogen-bond donors (Lipinski definition) is 1. The standard InChI is InChI=1S/C10H11FN4O/c1-2-12-6-9-14-15-10(16-9)7-3-8(11)5-13-4-7/h3-5,12H,2,6H2,1H3. The van der Waals surface area contributed by atoms with Crippen LogP contribution in [0.25, 0.3) is 11.5 Å². The molecule has 0 saturated heterocycles. The maximum absolute atomic E-state index is 12.9. The summed E-state index contributed by atoms with van der Waals surface area (Å²) >= 11 is 0. The smallest absolute Gasteiger partial charge is 0.249 e. The highest BCUT2D eigenvalue weighted by atomic mass is 19.1. The Labute approximate surface area is 91.7 Å². The summed E-state index contributed by atoms with van der Waals surface area (Å²) in [5.74, 6) is 0.324. The van der Waals surface area contributed by atoms with E-state index in [1.807, 2.05) is 6.92 Å². The summed E-state index contributed by atoms with van der Waals surface area (Å²) in [6.45, 7) is 3.30. The molecule has 2 heterocycles. The Hall–Kier alpha value is -1.82. The van der Waals surface area contributed by atoms with Gasteiger partial charge in [0.2, 0.25) is 11.8 Å². The molecule has 0 aromatic carbocycles. The topological polar surface area (TPSA) is 63.8 Å². The van der Waals surface area contributed by atoms with E-state index in [4.69, 9.17) is 4.42 Å². The SMILES string of the molecule is CCNCc1nnc(-c2cncc(F)c2)o1. The van der Waals surface area contributed by atoms with Gasteiger partial charge in [0.05, 0.1) is 18.3 Å². The zero-order valence-electron chi connectivity index (χ0n) is 8.77. The van der Waals surface area contributed by atoms with Crippen molar-refractivity contribution >= 4 is 0 Å². The lowest BCUT2D eigenvalue weighted by atomic mass is 10.3. The Morgan fingerprint density at radius 3 is 3.00 bits per heavy atom. The predicted octanol–water partition coefficient (Wildman–Crippen LogP) is 1.38. The summed E-state index contributed by atoms with van der Waals surface area (Å²) in [5.41, 5.74) is 0.482. The van der Waals surface area contributed by atoms with E-state index < -0.39 is 5.82 Å². The molecule has 84 valence electrons. The minimum atomic E-state index is -0.427. The van der Waals surface area contributed by atoms with Gasteiger partial charge < -0.3 is 9.73 Å². The van der Waals surface area contributed by atoms with Crippen molar-refractivity contribution in [1.29, 1.82) is 0 Å². The minimum absolute atomic E-state index is 0.278. The Bertz CT molecular complexity index is 471. The number of rotatable bonds is 4. The number of nitrogens with one attached hydrogen (secondary N) is 1. The van der Waals surface area contributed by atoms with Gasteiger partial charge in [0, 0.05) is 6.20 Å². The third-order valence-electron chi connectivity index (χ3n) is 1.94. The zero-order valence-corrected chi connectivity index (χ0v) is 8.77. The van der Waals surface area contributed by atoms with Gasteiger partial charge in [-0.1, -0.05) is 6.92 Å². The second-order valence-corrected chi connectivity index (χ2v) is 3.17. The second kappa shape index (κ2) is 4.80.